The van der Waals surface area contributed by atoms with Gasteiger partial charge in [0, 0.05) is 41.2 Å². The van der Waals surface area contributed by atoms with E-state index in [1.807, 2.05) is 18.2 Å². The number of benzene rings is 2. The van der Waals surface area contributed by atoms with Gasteiger partial charge < -0.3 is 10.1 Å². The maximum atomic E-state index is 13.9. The number of nitrogens with zero attached hydrogens (tertiary/aromatic N) is 5. The molecule has 4 heterocycles. The fourth-order valence-electron chi connectivity index (χ4n) is 3.79. The highest BCUT2D eigenvalue weighted by Gasteiger charge is 2.17. The lowest BCUT2D eigenvalue weighted by molar-refractivity contribution is 0.469. The molecule has 0 aliphatic rings. The molecule has 0 bridgehead atoms. The first kappa shape index (κ1) is 18.1. The Balaban J connectivity index is 1.52. The predicted octanol–water partition coefficient (Wildman–Crippen LogP) is 4.47. The molecule has 0 atom stereocenters. The SMILES string of the molecule is Oc1cc(F)cc(-c2nccc3[nH]c(-c4n[nH]c5ccc(-c6cncnc6)cc45)nc23)c1. The molecule has 2 aromatic carbocycles. The molecule has 0 unspecified atom stereocenters. The van der Waals surface area contributed by atoms with E-state index in [0.29, 0.717) is 28.3 Å². The maximum absolute atomic E-state index is 13.9. The van der Waals surface area contributed by atoms with E-state index in [1.165, 1.54) is 18.5 Å². The van der Waals surface area contributed by atoms with Crippen molar-refractivity contribution in [1.29, 1.82) is 0 Å². The number of imidazole rings is 1. The van der Waals surface area contributed by atoms with Crippen molar-refractivity contribution >= 4 is 21.9 Å². The minimum absolute atomic E-state index is 0.176. The van der Waals surface area contributed by atoms with E-state index in [-0.39, 0.29) is 5.75 Å². The van der Waals surface area contributed by atoms with E-state index in [2.05, 4.69) is 30.1 Å². The number of hydrogen-bond donors (Lipinski definition) is 3. The summed E-state index contributed by atoms with van der Waals surface area (Å²) >= 11 is 0. The summed E-state index contributed by atoms with van der Waals surface area (Å²) in [5.74, 6) is -0.182. The Morgan fingerprint density at radius 2 is 1.72 bits per heavy atom. The summed E-state index contributed by atoms with van der Waals surface area (Å²) in [5.41, 5.74) is 5.51. The predicted molar refractivity (Wildman–Crippen MR) is 117 cm³/mol. The smallest absolute Gasteiger partial charge is 0.159 e. The van der Waals surface area contributed by atoms with E-state index in [0.717, 1.165) is 33.6 Å². The Hall–Kier alpha value is -4.66. The number of pyridine rings is 1. The molecule has 8 nitrogen and oxygen atoms in total. The van der Waals surface area contributed by atoms with Gasteiger partial charge in [-0.15, -0.1) is 0 Å². The molecule has 0 saturated heterocycles. The third-order valence-electron chi connectivity index (χ3n) is 5.24. The highest BCUT2D eigenvalue weighted by atomic mass is 19.1. The normalized spacial score (nSPS) is 11.4. The first-order valence-corrected chi connectivity index (χ1v) is 9.74. The van der Waals surface area contributed by atoms with Gasteiger partial charge >= 0.3 is 0 Å². The summed E-state index contributed by atoms with van der Waals surface area (Å²) < 4.78 is 13.9. The zero-order valence-electron chi connectivity index (χ0n) is 16.4. The highest BCUT2D eigenvalue weighted by molar-refractivity contribution is 5.97. The van der Waals surface area contributed by atoms with Gasteiger partial charge in [-0.1, -0.05) is 6.07 Å². The zero-order chi connectivity index (χ0) is 21.7. The molecule has 0 saturated carbocycles. The van der Waals surface area contributed by atoms with Gasteiger partial charge in [0.1, 0.15) is 29.1 Å². The number of H-pyrrole nitrogens is 2. The summed E-state index contributed by atoms with van der Waals surface area (Å²) in [7, 11) is 0. The van der Waals surface area contributed by atoms with Gasteiger partial charge in [0.25, 0.3) is 0 Å². The Labute approximate surface area is 179 Å². The fourth-order valence-corrected chi connectivity index (χ4v) is 3.79. The van der Waals surface area contributed by atoms with Crippen LogP contribution < -0.4 is 0 Å². The molecular formula is C23H14FN7O. The molecule has 4 aromatic heterocycles. The molecular weight excluding hydrogens is 409 g/mol. The van der Waals surface area contributed by atoms with Crippen molar-refractivity contribution in [3.63, 3.8) is 0 Å². The molecule has 9 heteroatoms. The summed E-state index contributed by atoms with van der Waals surface area (Å²) in [6.07, 6.45) is 6.60. The molecule has 6 rings (SSSR count). The van der Waals surface area contributed by atoms with Gasteiger partial charge in [-0.2, -0.15) is 5.10 Å². The number of aromatic hydroxyl groups is 1. The average Bonchev–Trinajstić information content (AvgIpc) is 3.42. The average molecular weight is 423 g/mol. The van der Waals surface area contributed by atoms with E-state index in [9.17, 15) is 9.50 Å². The number of rotatable bonds is 3. The monoisotopic (exact) mass is 423 g/mol. The lowest BCUT2D eigenvalue weighted by Gasteiger charge is -2.03. The van der Waals surface area contributed by atoms with Crippen LogP contribution in [0.1, 0.15) is 0 Å². The van der Waals surface area contributed by atoms with E-state index in [4.69, 9.17) is 4.98 Å². The van der Waals surface area contributed by atoms with E-state index < -0.39 is 5.82 Å². The van der Waals surface area contributed by atoms with Crippen LogP contribution in [0.15, 0.2) is 67.4 Å². The quantitative estimate of drug-likeness (QED) is 0.387. The molecule has 32 heavy (non-hydrogen) atoms. The number of hydrogen-bond acceptors (Lipinski definition) is 6. The standard InChI is InChI=1S/C23H14FN7O/c24-15-5-13(6-16(32)8-15)20-22-19(3-4-27-20)28-23(29-22)21-17-7-12(1-2-18(17)30-31-21)14-9-25-11-26-10-14/h1-11,32H,(H,28,29)(H,30,31). The molecule has 3 N–H and O–H groups in total. The van der Waals surface area contributed by atoms with E-state index >= 15 is 0 Å². The maximum Gasteiger partial charge on any atom is 0.159 e. The number of aromatic nitrogens is 7. The van der Waals surface area contributed by atoms with Crippen LogP contribution >= 0.6 is 0 Å². The lowest BCUT2D eigenvalue weighted by Crippen LogP contribution is -1.87. The minimum atomic E-state index is -0.551. The number of phenols is 1. The first-order chi connectivity index (χ1) is 15.7. The van der Waals surface area contributed by atoms with Crippen LogP contribution in [-0.2, 0) is 0 Å². The second kappa shape index (κ2) is 6.95. The Morgan fingerprint density at radius 1 is 0.844 bits per heavy atom. The first-order valence-electron chi connectivity index (χ1n) is 9.74. The molecule has 0 amide bonds. The van der Waals surface area contributed by atoms with Crippen molar-refractivity contribution in [3.8, 4) is 39.7 Å². The van der Waals surface area contributed by atoms with Crippen LogP contribution in [0.2, 0.25) is 0 Å². The van der Waals surface area contributed by atoms with Crippen LogP contribution in [0.4, 0.5) is 4.39 Å². The Kier molecular flexibility index (Phi) is 3.94. The topological polar surface area (TPSA) is 116 Å². The van der Waals surface area contributed by atoms with Crippen molar-refractivity contribution in [2.75, 3.05) is 0 Å². The lowest BCUT2D eigenvalue weighted by atomic mass is 10.1. The summed E-state index contributed by atoms with van der Waals surface area (Å²) in [6.45, 7) is 0. The number of nitrogens with one attached hydrogen (secondary N) is 2. The zero-order valence-corrected chi connectivity index (χ0v) is 16.4. The number of fused-ring (bicyclic) bond motifs is 2. The Bertz CT molecular complexity index is 1590. The molecule has 0 spiro atoms. The van der Waals surface area contributed by atoms with Gasteiger partial charge in [0.2, 0.25) is 0 Å². The fraction of sp³-hybridized carbons (Fsp3) is 0. The molecule has 0 aliphatic heterocycles. The van der Waals surface area contributed by atoms with Crippen LogP contribution in [0.3, 0.4) is 0 Å². The molecule has 0 fully saturated rings. The van der Waals surface area contributed by atoms with Crippen molar-refractivity contribution < 1.29 is 9.50 Å². The number of aromatic amines is 2. The Morgan fingerprint density at radius 3 is 2.56 bits per heavy atom. The van der Waals surface area contributed by atoms with Gasteiger partial charge in [-0.05, 0) is 35.9 Å². The minimum Gasteiger partial charge on any atom is -0.508 e. The summed E-state index contributed by atoms with van der Waals surface area (Å²) in [4.78, 5) is 20.5. The summed E-state index contributed by atoms with van der Waals surface area (Å²) in [6, 6.07) is 11.5. The van der Waals surface area contributed by atoms with Crippen LogP contribution in [0, 0.1) is 5.82 Å². The van der Waals surface area contributed by atoms with Crippen LogP contribution in [0.5, 0.6) is 5.75 Å². The molecule has 154 valence electrons. The number of phenolic OH excluding ortho intramolecular Hbond substituents is 1. The third kappa shape index (κ3) is 2.95. The van der Waals surface area contributed by atoms with Crippen LogP contribution in [0.25, 0.3) is 55.8 Å². The van der Waals surface area contributed by atoms with Gasteiger partial charge in [0.15, 0.2) is 5.82 Å². The van der Waals surface area contributed by atoms with E-state index in [1.54, 1.807) is 24.7 Å². The van der Waals surface area contributed by atoms with Gasteiger partial charge in [-0.25, -0.2) is 19.3 Å². The van der Waals surface area contributed by atoms with Crippen LogP contribution in [-0.4, -0.2) is 40.2 Å². The second-order valence-electron chi connectivity index (χ2n) is 7.30. The molecule has 6 aromatic rings. The number of halogens is 1. The highest BCUT2D eigenvalue weighted by Crippen LogP contribution is 2.33. The third-order valence-corrected chi connectivity index (χ3v) is 5.24. The van der Waals surface area contributed by atoms with Gasteiger partial charge in [0.05, 0.1) is 16.7 Å². The van der Waals surface area contributed by atoms with Crippen molar-refractivity contribution in [3.05, 3.63) is 73.2 Å². The molecule has 0 aliphatic carbocycles. The second-order valence-corrected chi connectivity index (χ2v) is 7.30. The molecule has 0 radical (unpaired) electrons. The largest absolute Gasteiger partial charge is 0.508 e. The summed E-state index contributed by atoms with van der Waals surface area (Å²) in [5, 5.41) is 18.2. The van der Waals surface area contributed by atoms with Gasteiger partial charge in [-0.3, -0.25) is 10.1 Å². The van der Waals surface area contributed by atoms with Crippen molar-refractivity contribution in [2.45, 2.75) is 0 Å². The van der Waals surface area contributed by atoms with Crippen molar-refractivity contribution in [2.24, 2.45) is 0 Å². The van der Waals surface area contributed by atoms with Crippen molar-refractivity contribution in [1.82, 2.24) is 35.1 Å².